The molecule has 0 unspecified atom stereocenters. The summed E-state index contributed by atoms with van der Waals surface area (Å²) in [5.41, 5.74) is 0. The summed E-state index contributed by atoms with van der Waals surface area (Å²) in [6.07, 6.45) is 3.74. The molecule has 0 saturated heterocycles. The average Bonchev–Trinajstić information content (AvgIpc) is 2.64. The Morgan fingerprint density at radius 3 is 2.14 bits per heavy atom. The van der Waals surface area contributed by atoms with Crippen LogP contribution >= 0.6 is 24.4 Å². The second-order valence-corrected chi connectivity index (χ2v) is 8.74. The highest BCUT2D eigenvalue weighted by Crippen LogP contribution is 2.11. The lowest BCUT2D eigenvalue weighted by Gasteiger charge is -2.29. The Morgan fingerprint density at radius 2 is 1.68 bits per heavy atom. The van der Waals surface area contributed by atoms with Crippen molar-refractivity contribution >= 4 is 42.2 Å². The fourth-order valence-electron chi connectivity index (χ4n) is 2.67. The SMILES string of the molecule is CC[C@H](C)[C@H](NC(=O)[C@@H](NCCCS)C(C)C)C(=O)N[C@@H](CCSC)C(=O)O. The fourth-order valence-corrected chi connectivity index (χ4v) is 3.30. The third-order valence-corrected chi connectivity index (χ3v) is 5.63. The zero-order valence-electron chi connectivity index (χ0n) is 17.7. The summed E-state index contributed by atoms with van der Waals surface area (Å²) < 4.78 is 0. The molecular weight excluding hydrogens is 398 g/mol. The van der Waals surface area contributed by atoms with Crippen molar-refractivity contribution in [3.8, 4) is 0 Å². The van der Waals surface area contributed by atoms with E-state index in [4.69, 9.17) is 0 Å². The lowest BCUT2D eigenvalue weighted by atomic mass is 9.96. The predicted molar refractivity (Wildman–Crippen MR) is 119 cm³/mol. The van der Waals surface area contributed by atoms with E-state index in [9.17, 15) is 19.5 Å². The van der Waals surface area contributed by atoms with E-state index in [-0.39, 0.29) is 17.7 Å². The van der Waals surface area contributed by atoms with Gasteiger partial charge >= 0.3 is 5.97 Å². The van der Waals surface area contributed by atoms with Gasteiger partial charge in [-0.05, 0) is 49.0 Å². The van der Waals surface area contributed by atoms with E-state index < -0.39 is 30.0 Å². The largest absolute Gasteiger partial charge is 0.480 e. The molecule has 0 rings (SSSR count). The number of aliphatic carboxylic acids is 1. The first-order valence-corrected chi connectivity index (χ1v) is 11.9. The van der Waals surface area contributed by atoms with Gasteiger partial charge in [-0.25, -0.2) is 4.79 Å². The van der Waals surface area contributed by atoms with Crippen LogP contribution in [-0.2, 0) is 14.4 Å². The maximum Gasteiger partial charge on any atom is 0.326 e. The van der Waals surface area contributed by atoms with Gasteiger partial charge < -0.3 is 21.1 Å². The third kappa shape index (κ3) is 10.0. The van der Waals surface area contributed by atoms with Gasteiger partial charge in [-0.1, -0.05) is 34.1 Å². The number of nitrogens with one attached hydrogen (secondary N) is 3. The third-order valence-electron chi connectivity index (χ3n) is 4.67. The van der Waals surface area contributed by atoms with Crippen LogP contribution in [0.3, 0.4) is 0 Å². The Hall–Kier alpha value is -0.930. The lowest BCUT2D eigenvalue weighted by molar-refractivity contribution is -0.142. The van der Waals surface area contributed by atoms with Gasteiger partial charge in [0, 0.05) is 0 Å². The van der Waals surface area contributed by atoms with Crippen molar-refractivity contribution in [1.82, 2.24) is 16.0 Å². The number of hydrogen-bond acceptors (Lipinski definition) is 6. The van der Waals surface area contributed by atoms with Crippen molar-refractivity contribution < 1.29 is 19.5 Å². The highest BCUT2D eigenvalue weighted by molar-refractivity contribution is 7.98. The van der Waals surface area contributed by atoms with Gasteiger partial charge in [0.05, 0.1) is 6.04 Å². The maximum atomic E-state index is 12.8. The first-order valence-electron chi connectivity index (χ1n) is 9.86. The van der Waals surface area contributed by atoms with Gasteiger partial charge in [-0.3, -0.25) is 9.59 Å². The number of rotatable bonds is 15. The number of carboxylic acids is 1. The summed E-state index contributed by atoms with van der Waals surface area (Å²) in [5.74, 6) is -0.477. The molecule has 0 heterocycles. The standard InChI is InChI=1S/C19H37N3O4S2/c1-6-13(4)16(18(24)21-14(19(25)26)8-11-28-5)22-17(23)15(12(2)3)20-9-7-10-27/h12-16,20,27H,6-11H2,1-5H3,(H,21,24)(H,22,23)(H,25,26)/t13-,14-,15-,16-/m0/s1. The molecular formula is C19H37N3O4S2. The summed E-state index contributed by atoms with van der Waals surface area (Å²) in [5, 5.41) is 18.0. The molecule has 0 aromatic rings. The van der Waals surface area contributed by atoms with Crippen LogP contribution in [0, 0.1) is 11.8 Å². The van der Waals surface area contributed by atoms with E-state index in [0.717, 1.165) is 12.2 Å². The predicted octanol–water partition coefficient (Wildman–Crippen LogP) is 1.77. The molecule has 4 atom stereocenters. The summed E-state index contributed by atoms with van der Waals surface area (Å²) in [4.78, 5) is 37.0. The molecule has 0 aliphatic rings. The molecule has 9 heteroatoms. The molecule has 0 aromatic heterocycles. The first-order chi connectivity index (χ1) is 13.2. The van der Waals surface area contributed by atoms with Crippen molar-refractivity contribution in [2.75, 3.05) is 24.3 Å². The maximum absolute atomic E-state index is 12.8. The minimum Gasteiger partial charge on any atom is -0.480 e. The normalized spacial score (nSPS) is 15.5. The summed E-state index contributed by atoms with van der Waals surface area (Å²) in [6, 6.07) is -2.16. The zero-order chi connectivity index (χ0) is 21.7. The van der Waals surface area contributed by atoms with Gasteiger partial charge in [0.1, 0.15) is 12.1 Å². The average molecular weight is 436 g/mol. The van der Waals surface area contributed by atoms with Crippen molar-refractivity contribution in [1.29, 1.82) is 0 Å². The lowest BCUT2D eigenvalue weighted by Crippen LogP contribution is -2.58. The monoisotopic (exact) mass is 435 g/mol. The van der Waals surface area contributed by atoms with Crippen molar-refractivity contribution in [3.63, 3.8) is 0 Å². The van der Waals surface area contributed by atoms with Crippen LogP contribution in [0.25, 0.3) is 0 Å². The van der Waals surface area contributed by atoms with Crippen LogP contribution in [-0.4, -0.2) is 65.3 Å². The molecule has 7 nitrogen and oxygen atoms in total. The molecule has 0 radical (unpaired) electrons. The summed E-state index contributed by atoms with van der Waals surface area (Å²) in [7, 11) is 0. The van der Waals surface area contributed by atoms with Gasteiger partial charge in [-0.2, -0.15) is 24.4 Å². The van der Waals surface area contributed by atoms with Crippen LogP contribution in [0.5, 0.6) is 0 Å². The number of carbonyl (C=O) groups excluding carboxylic acids is 2. The molecule has 0 aromatic carbocycles. The smallest absolute Gasteiger partial charge is 0.326 e. The number of hydrogen-bond donors (Lipinski definition) is 5. The van der Waals surface area contributed by atoms with Crippen LogP contribution in [0.2, 0.25) is 0 Å². The number of carbonyl (C=O) groups is 3. The van der Waals surface area contributed by atoms with Crippen LogP contribution in [0.15, 0.2) is 0 Å². The van der Waals surface area contributed by atoms with Gasteiger partial charge in [-0.15, -0.1) is 0 Å². The van der Waals surface area contributed by atoms with E-state index in [0.29, 0.717) is 25.1 Å². The molecule has 0 aliphatic heterocycles. The van der Waals surface area contributed by atoms with Gasteiger partial charge in [0.15, 0.2) is 0 Å². The summed E-state index contributed by atoms with van der Waals surface area (Å²) in [6.45, 7) is 8.36. The molecule has 164 valence electrons. The van der Waals surface area contributed by atoms with Crippen molar-refractivity contribution in [2.45, 2.75) is 65.1 Å². The van der Waals surface area contributed by atoms with Gasteiger partial charge in [0.25, 0.3) is 0 Å². The molecule has 4 N–H and O–H groups in total. The van der Waals surface area contributed by atoms with E-state index >= 15 is 0 Å². The quantitative estimate of drug-likeness (QED) is 0.198. The molecule has 0 spiro atoms. The van der Waals surface area contributed by atoms with E-state index in [2.05, 4.69) is 28.6 Å². The fraction of sp³-hybridized carbons (Fsp3) is 0.842. The summed E-state index contributed by atoms with van der Waals surface area (Å²) >= 11 is 5.70. The van der Waals surface area contributed by atoms with Crippen molar-refractivity contribution in [3.05, 3.63) is 0 Å². The molecule has 2 amide bonds. The van der Waals surface area contributed by atoms with E-state index in [1.165, 1.54) is 11.8 Å². The highest BCUT2D eigenvalue weighted by Gasteiger charge is 2.32. The number of amides is 2. The van der Waals surface area contributed by atoms with Crippen molar-refractivity contribution in [2.24, 2.45) is 11.8 Å². The molecule has 0 bridgehead atoms. The number of carboxylic acid groups (broad SMARTS) is 1. The Kier molecular flexibility index (Phi) is 14.5. The molecule has 0 fully saturated rings. The van der Waals surface area contributed by atoms with Crippen LogP contribution < -0.4 is 16.0 Å². The Morgan fingerprint density at radius 1 is 1.07 bits per heavy atom. The first kappa shape index (κ1) is 27.1. The minimum atomic E-state index is -1.06. The second kappa shape index (κ2) is 15.0. The Balaban J connectivity index is 5.20. The highest BCUT2D eigenvalue weighted by atomic mass is 32.2. The molecule has 0 saturated carbocycles. The Labute approximate surface area is 179 Å². The number of thioether (sulfide) groups is 1. The van der Waals surface area contributed by atoms with E-state index in [1.54, 1.807) is 0 Å². The minimum absolute atomic E-state index is 0.0499. The van der Waals surface area contributed by atoms with E-state index in [1.807, 2.05) is 34.0 Å². The molecule has 28 heavy (non-hydrogen) atoms. The second-order valence-electron chi connectivity index (χ2n) is 7.31. The molecule has 0 aliphatic carbocycles. The zero-order valence-corrected chi connectivity index (χ0v) is 19.4. The van der Waals surface area contributed by atoms with Crippen LogP contribution in [0.4, 0.5) is 0 Å². The Bertz CT molecular complexity index is 492. The topological polar surface area (TPSA) is 108 Å². The van der Waals surface area contributed by atoms with Crippen LogP contribution in [0.1, 0.15) is 47.0 Å². The van der Waals surface area contributed by atoms with Gasteiger partial charge in [0.2, 0.25) is 11.8 Å². The number of thiol groups is 1.